The van der Waals surface area contributed by atoms with Gasteiger partial charge in [0.05, 0.1) is 16.7 Å². The number of imide groups is 1. The maximum Gasteiger partial charge on any atom is 0.338 e. The number of fused-ring (bicyclic) bond motifs is 1. The summed E-state index contributed by atoms with van der Waals surface area (Å²) in [5.74, 6) is -1.60. The molecule has 2 saturated carbocycles. The first-order valence-electron chi connectivity index (χ1n) is 11.4. The third-order valence-corrected chi connectivity index (χ3v) is 6.88. The van der Waals surface area contributed by atoms with E-state index in [1.165, 1.54) is 38.1 Å². The van der Waals surface area contributed by atoms with Crippen LogP contribution in [0.3, 0.4) is 0 Å². The summed E-state index contributed by atoms with van der Waals surface area (Å²) in [6.07, 6.45) is 11.0. The molecule has 1 heterocycles. The monoisotopic (exact) mass is 426 g/mol. The van der Waals surface area contributed by atoms with Crippen LogP contribution in [-0.2, 0) is 9.53 Å². The lowest BCUT2D eigenvalue weighted by atomic mass is 9.88. The van der Waals surface area contributed by atoms with Crippen LogP contribution in [0.5, 0.6) is 0 Å². The van der Waals surface area contributed by atoms with Crippen LogP contribution in [0.1, 0.15) is 95.3 Å². The molecule has 2 aliphatic carbocycles. The molecule has 1 aromatic carbocycles. The molecule has 1 aromatic rings. The highest BCUT2D eigenvalue weighted by molar-refractivity contribution is 6.21. The third kappa shape index (κ3) is 4.36. The number of rotatable bonds is 5. The molecule has 7 nitrogen and oxygen atoms in total. The molecular weight excluding hydrogens is 396 g/mol. The number of ether oxygens (including phenoxy) is 1. The van der Waals surface area contributed by atoms with Crippen LogP contribution in [0.4, 0.5) is 0 Å². The van der Waals surface area contributed by atoms with Crippen LogP contribution in [0.15, 0.2) is 18.2 Å². The Hall–Kier alpha value is -2.70. The van der Waals surface area contributed by atoms with Crippen LogP contribution in [0.2, 0.25) is 0 Å². The van der Waals surface area contributed by atoms with E-state index in [-0.39, 0.29) is 47.2 Å². The largest absolute Gasteiger partial charge is 0.452 e. The van der Waals surface area contributed by atoms with Crippen molar-refractivity contribution in [2.45, 2.75) is 76.3 Å². The predicted molar refractivity (Wildman–Crippen MR) is 114 cm³/mol. The minimum Gasteiger partial charge on any atom is -0.452 e. The standard InChI is InChI=1S/C24H30N2O5/c1-25-22(28)19-13-12-16(14-20(19)23(25)29)24(30)31-15-21(27)26(17-8-4-2-5-9-17)18-10-6-3-7-11-18/h12-14,17-18H,2-11,15H2,1H3. The fourth-order valence-corrected chi connectivity index (χ4v) is 5.20. The van der Waals surface area contributed by atoms with Crippen molar-refractivity contribution < 1.29 is 23.9 Å². The first kappa shape index (κ1) is 21.5. The predicted octanol–water partition coefficient (Wildman–Crippen LogP) is 3.56. The molecule has 4 rings (SSSR count). The summed E-state index contributed by atoms with van der Waals surface area (Å²) in [7, 11) is 1.41. The van der Waals surface area contributed by atoms with Crippen molar-refractivity contribution >= 4 is 23.7 Å². The lowest BCUT2D eigenvalue weighted by Gasteiger charge is -2.41. The highest BCUT2D eigenvalue weighted by atomic mass is 16.5. The molecule has 31 heavy (non-hydrogen) atoms. The topological polar surface area (TPSA) is 84.0 Å². The van der Waals surface area contributed by atoms with Gasteiger partial charge in [-0.25, -0.2) is 4.79 Å². The van der Waals surface area contributed by atoms with Gasteiger partial charge in [-0.15, -0.1) is 0 Å². The van der Waals surface area contributed by atoms with E-state index in [1.54, 1.807) is 0 Å². The maximum absolute atomic E-state index is 13.1. The van der Waals surface area contributed by atoms with Crippen molar-refractivity contribution in [1.82, 2.24) is 9.80 Å². The number of esters is 1. The van der Waals surface area contributed by atoms with Crippen molar-refractivity contribution in [1.29, 1.82) is 0 Å². The quantitative estimate of drug-likeness (QED) is 0.531. The number of nitrogens with zero attached hydrogens (tertiary/aromatic N) is 2. The molecule has 0 radical (unpaired) electrons. The van der Waals surface area contributed by atoms with Crippen LogP contribution >= 0.6 is 0 Å². The Bertz CT molecular complexity index is 866. The molecule has 7 heteroatoms. The molecule has 1 aliphatic heterocycles. The smallest absolute Gasteiger partial charge is 0.338 e. The lowest BCUT2D eigenvalue weighted by molar-refractivity contribution is -0.141. The maximum atomic E-state index is 13.1. The van der Waals surface area contributed by atoms with Crippen molar-refractivity contribution in [3.63, 3.8) is 0 Å². The summed E-state index contributed by atoms with van der Waals surface area (Å²) < 4.78 is 5.36. The molecule has 0 spiro atoms. The van der Waals surface area contributed by atoms with E-state index in [4.69, 9.17) is 4.74 Å². The van der Waals surface area contributed by atoms with E-state index in [2.05, 4.69) is 0 Å². The van der Waals surface area contributed by atoms with Crippen LogP contribution in [0, 0.1) is 0 Å². The normalized spacial score (nSPS) is 20.0. The molecule has 0 unspecified atom stereocenters. The first-order chi connectivity index (χ1) is 15.0. The summed E-state index contributed by atoms with van der Waals surface area (Å²) in [5.41, 5.74) is 0.644. The van der Waals surface area contributed by atoms with Gasteiger partial charge in [0.1, 0.15) is 0 Å². The van der Waals surface area contributed by atoms with E-state index >= 15 is 0 Å². The SMILES string of the molecule is CN1C(=O)c2ccc(C(=O)OCC(=O)N(C3CCCCC3)C3CCCCC3)cc2C1=O. The van der Waals surface area contributed by atoms with Crippen molar-refractivity contribution in [2.24, 2.45) is 0 Å². The summed E-state index contributed by atoms with van der Waals surface area (Å²) in [4.78, 5) is 53.0. The Kier molecular flexibility index (Phi) is 6.39. The molecule has 3 amide bonds. The molecule has 0 atom stereocenters. The van der Waals surface area contributed by atoms with Gasteiger partial charge < -0.3 is 9.64 Å². The van der Waals surface area contributed by atoms with Gasteiger partial charge in [0.25, 0.3) is 17.7 Å². The van der Waals surface area contributed by atoms with Crippen LogP contribution in [0.25, 0.3) is 0 Å². The molecule has 0 aromatic heterocycles. The number of carbonyl (C=O) groups is 4. The van der Waals surface area contributed by atoms with Gasteiger partial charge in [-0.2, -0.15) is 0 Å². The van der Waals surface area contributed by atoms with Gasteiger partial charge in [-0.1, -0.05) is 38.5 Å². The Morgan fingerprint density at radius 2 is 1.45 bits per heavy atom. The third-order valence-electron chi connectivity index (χ3n) is 6.88. The number of hydrogen-bond donors (Lipinski definition) is 0. The van der Waals surface area contributed by atoms with Gasteiger partial charge in [-0.05, 0) is 43.9 Å². The second kappa shape index (κ2) is 9.20. The van der Waals surface area contributed by atoms with E-state index < -0.39 is 11.9 Å². The lowest BCUT2D eigenvalue weighted by Crippen LogP contribution is -2.50. The van der Waals surface area contributed by atoms with Gasteiger partial charge >= 0.3 is 5.97 Å². The Balaban J connectivity index is 1.43. The zero-order chi connectivity index (χ0) is 22.0. The number of carbonyl (C=O) groups excluding carboxylic acids is 4. The molecule has 3 aliphatic rings. The Morgan fingerprint density at radius 1 is 0.903 bits per heavy atom. The van der Waals surface area contributed by atoms with E-state index in [0.717, 1.165) is 56.3 Å². The summed E-state index contributed by atoms with van der Waals surface area (Å²) in [6.45, 7) is -0.296. The number of amides is 3. The van der Waals surface area contributed by atoms with Gasteiger partial charge in [0.15, 0.2) is 6.61 Å². The van der Waals surface area contributed by atoms with Crippen molar-refractivity contribution in [2.75, 3.05) is 13.7 Å². The fourth-order valence-electron chi connectivity index (χ4n) is 5.20. The highest BCUT2D eigenvalue weighted by Crippen LogP contribution is 2.30. The second-order valence-electron chi connectivity index (χ2n) is 8.89. The van der Waals surface area contributed by atoms with Crippen LogP contribution in [-0.4, -0.2) is 59.2 Å². The molecule has 0 N–H and O–H groups in total. The van der Waals surface area contributed by atoms with Gasteiger partial charge in [0, 0.05) is 19.1 Å². The van der Waals surface area contributed by atoms with Crippen molar-refractivity contribution in [3.05, 3.63) is 34.9 Å². The zero-order valence-electron chi connectivity index (χ0n) is 18.1. The summed E-state index contributed by atoms with van der Waals surface area (Å²) in [5, 5.41) is 0. The molecule has 2 fully saturated rings. The fraction of sp³-hybridized carbons (Fsp3) is 0.583. The molecule has 166 valence electrons. The van der Waals surface area contributed by atoms with E-state index in [0.29, 0.717) is 0 Å². The van der Waals surface area contributed by atoms with E-state index in [1.807, 2.05) is 4.90 Å². The van der Waals surface area contributed by atoms with Crippen molar-refractivity contribution in [3.8, 4) is 0 Å². The van der Waals surface area contributed by atoms with Gasteiger partial charge in [0.2, 0.25) is 0 Å². The molecule has 0 bridgehead atoms. The minimum atomic E-state index is -0.654. The summed E-state index contributed by atoms with van der Waals surface area (Å²) in [6, 6.07) is 4.79. The molecule has 0 saturated heterocycles. The highest BCUT2D eigenvalue weighted by Gasteiger charge is 2.35. The Labute approximate surface area is 182 Å². The van der Waals surface area contributed by atoms with Gasteiger partial charge in [-0.3, -0.25) is 19.3 Å². The average molecular weight is 427 g/mol. The first-order valence-corrected chi connectivity index (χ1v) is 11.4. The van der Waals surface area contributed by atoms with E-state index in [9.17, 15) is 19.2 Å². The molecular formula is C24H30N2O5. The number of benzene rings is 1. The average Bonchev–Trinajstić information content (AvgIpc) is 3.02. The minimum absolute atomic E-state index is 0.126. The summed E-state index contributed by atoms with van der Waals surface area (Å²) >= 11 is 0. The second-order valence-corrected chi connectivity index (χ2v) is 8.89. The zero-order valence-corrected chi connectivity index (χ0v) is 18.1. The Morgan fingerprint density at radius 3 is 2.03 bits per heavy atom. The van der Waals surface area contributed by atoms with Crippen LogP contribution < -0.4 is 0 Å². The number of hydrogen-bond acceptors (Lipinski definition) is 5.